The lowest BCUT2D eigenvalue weighted by Gasteiger charge is -2.37. The van der Waals surface area contributed by atoms with Crippen molar-refractivity contribution < 1.29 is 14.3 Å². The Morgan fingerprint density at radius 3 is 1.85 bits per heavy atom. The van der Waals surface area contributed by atoms with Crippen LogP contribution in [0.4, 0.5) is 0 Å². The third-order valence-corrected chi connectivity index (χ3v) is 4.10. The first-order valence-electron chi connectivity index (χ1n) is 6.91. The van der Waals surface area contributed by atoms with Gasteiger partial charge in [0, 0.05) is 0 Å². The maximum Gasteiger partial charge on any atom is 0.190 e. The summed E-state index contributed by atoms with van der Waals surface area (Å²) in [6.07, 6.45) is 1.47. The molecule has 0 saturated heterocycles. The van der Waals surface area contributed by atoms with Gasteiger partial charge in [-0.1, -0.05) is 19.9 Å². The van der Waals surface area contributed by atoms with Crippen molar-refractivity contribution in [2.24, 2.45) is 0 Å². The summed E-state index contributed by atoms with van der Waals surface area (Å²) in [7, 11) is 7.02. The van der Waals surface area contributed by atoms with Crippen LogP contribution in [0.2, 0.25) is 0 Å². The zero-order valence-corrected chi connectivity index (χ0v) is 13.3. The van der Waals surface area contributed by atoms with Gasteiger partial charge in [0.2, 0.25) is 0 Å². The number of benzene rings is 1. The number of Topliss-reactive ketones (excluding diaryl/α,β-unsaturated/α-hetero) is 1. The van der Waals surface area contributed by atoms with E-state index in [-0.39, 0.29) is 5.78 Å². The zero-order chi connectivity index (χ0) is 15.3. The summed E-state index contributed by atoms with van der Waals surface area (Å²) in [6.45, 7) is 4.06. The second-order valence-corrected chi connectivity index (χ2v) is 5.00. The molecule has 4 nitrogen and oxygen atoms in total. The molecular formula is C16H25NO3. The van der Waals surface area contributed by atoms with Crippen molar-refractivity contribution >= 4 is 5.78 Å². The minimum atomic E-state index is -0.540. The fourth-order valence-corrected chi connectivity index (χ4v) is 2.71. The molecule has 0 fully saturated rings. The summed E-state index contributed by atoms with van der Waals surface area (Å²) in [4.78, 5) is 15.1. The van der Waals surface area contributed by atoms with E-state index >= 15 is 0 Å². The smallest absolute Gasteiger partial charge is 0.190 e. The van der Waals surface area contributed by atoms with Crippen LogP contribution in [0.25, 0.3) is 0 Å². The molecule has 0 atom stereocenters. The van der Waals surface area contributed by atoms with Crippen LogP contribution in [0.3, 0.4) is 0 Å². The number of rotatable bonds is 7. The number of ether oxygens (including phenoxy) is 2. The van der Waals surface area contributed by atoms with Crippen LogP contribution in [0.15, 0.2) is 18.2 Å². The Balaban J connectivity index is 3.46. The molecule has 1 aromatic carbocycles. The largest absolute Gasteiger partial charge is 0.496 e. The van der Waals surface area contributed by atoms with Gasteiger partial charge in [-0.2, -0.15) is 0 Å². The molecule has 0 unspecified atom stereocenters. The highest BCUT2D eigenvalue weighted by molar-refractivity contribution is 6.07. The van der Waals surface area contributed by atoms with Gasteiger partial charge in [-0.3, -0.25) is 9.69 Å². The number of methoxy groups -OCH3 is 2. The number of hydrogen-bond acceptors (Lipinski definition) is 4. The molecule has 0 N–H and O–H groups in total. The van der Waals surface area contributed by atoms with Crippen molar-refractivity contribution in [1.29, 1.82) is 0 Å². The van der Waals surface area contributed by atoms with Gasteiger partial charge in [0.25, 0.3) is 0 Å². The minimum absolute atomic E-state index is 0.0433. The molecule has 0 aliphatic heterocycles. The normalized spacial score (nSPS) is 11.6. The molecule has 0 aliphatic carbocycles. The first-order chi connectivity index (χ1) is 9.48. The lowest BCUT2D eigenvalue weighted by atomic mass is 9.82. The summed E-state index contributed by atoms with van der Waals surface area (Å²) < 4.78 is 10.7. The Hall–Kier alpha value is -1.55. The molecule has 1 rings (SSSR count). The van der Waals surface area contributed by atoms with Crippen molar-refractivity contribution in [3.05, 3.63) is 23.8 Å². The Morgan fingerprint density at radius 1 is 1.10 bits per heavy atom. The van der Waals surface area contributed by atoms with Gasteiger partial charge < -0.3 is 9.47 Å². The van der Waals surface area contributed by atoms with Crippen LogP contribution >= 0.6 is 0 Å². The Bertz CT molecular complexity index is 443. The van der Waals surface area contributed by atoms with E-state index in [1.54, 1.807) is 26.4 Å². The van der Waals surface area contributed by atoms with Gasteiger partial charge in [0.15, 0.2) is 5.78 Å². The van der Waals surface area contributed by atoms with E-state index in [9.17, 15) is 4.79 Å². The highest BCUT2D eigenvalue weighted by Gasteiger charge is 2.40. The topological polar surface area (TPSA) is 38.8 Å². The van der Waals surface area contributed by atoms with Gasteiger partial charge in [0.05, 0.1) is 19.8 Å². The number of carbonyl (C=O) groups is 1. The van der Waals surface area contributed by atoms with Crippen LogP contribution < -0.4 is 9.47 Å². The SMILES string of the molecule is CCC(CC)(C(=O)c1c(OC)cccc1OC)N(C)C. The molecule has 20 heavy (non-hydrogen) atoms. The third-order valence-electron chi connectivity index (χ3n) is 4.10. The summed E-state index contributed by atoms with van der Waals surface area (Å²) in [5, 5.41) is 0. The van der Waals surface area contributed by atoms with E-state index in [1.807, 2.05) is 38.9 Å². The lowest BCUT2D eigenvalue weighted by Crippen LogP contribution is -2.50. The zero-order valence-electron chi connectivity index (χ0n) is 13.3. The van der Waals surface area contributed by atoms with Crippen molar-refractivity contribution in [2.45, 2.75) is 32.2 Å². The first-order valence-corrected chi connectivity index (χ1v) is 6.91. The Labute approximate surface area is 121 Å². The maximum atomic E-state index is 13.1. The standard InChI is InChI=1S/C16H25NO3/c1-7-16(8-2,17(3)4)15(18)14-12(19-5)10-9-11-13(14)20-6/h9-11H,7-8H2,1-6H3. The second-order valence-electron chi connectivity index (χ2n) is 5.00. The number of carbonyl (C=O) groups excluding carboxylic acids is 1. The van der Waals surface area contributed by atoms with E-state index in [1.165, 1.54) is 0 Å². The summed E-state index contributed by atoms with van der Waals surface area (Å²) >= 11 is 0. The third kappa shape index (κ3) is 2.66. The fourth-order valence-electron chi connectivity index (χ4n) is 2.71. The van der Waals surface area contributed by atoms with E-state index in [0.29, 0.717) is 17.1 Å². The molecule has 1 aromatic rings. The van der Waals surface area contributed by atoms with Gasteiger partial charge in [-0.05, 0) is 39.1 Å². The quantitative estimate of drug-likeness (QED) is 0.719. The number of hydrogen-bond donors (Lipinski definition) is 0. The molecule has 0 aliphatic rings. The van der Waals surface area contributed by atoms with Crippen LogP contribution in [0, 0.1) is 0 Å². The Kier molecular flexibility index (Phi) is 5.57. The maximum absolute atomic E-state index is 13.1. The lowest BCUT2D eigenvalue weighted by molar-refractivity contribution is 0.0649. The van der Waals surface area contributed by atoms with E-state index in [0.717, 1.165) is 12.8 Å². The average Bonchev–Trinajstić information content (AvgIpc) is 2.47. The second kappa shape index (κ2) is 6.75. The first kappa shape index (κ1) is 16.5. The minimum Gasteiger partial charge on any atom is -0.496 e. The number of likely N-dealkylation sites (N-methyl/N-ethyl adjacent to an activating group) is 1. The predicted molar refractivity (Wildman–Crippen MR) is 80.9 cm³/mol. The molecule has 0 spiro atoms. The predicted octanol–water partition coefficient (Wildman–Crippen LogP) is 3.01. The van der Waals surface area contributed by atoms with Gasteiger partial charge in [-0.25, -0.2) is 0 Å². The molecular weight excluding hydrogens is 254 g/mol. The monoisotopic (exact) mass is 279 g/mol. The summed E-state index contributed by atoms with van der Waals surface area (Å²) in [5.41, 5.74) is -0.0167. The van der Waals surface area contributed by atoms with Gasteiger partial charge >= 0.3 is 0 Å². The van der Waals surface area contributed by atoms with Gasteiger partial charge in [-0.15, -0.1) is 0 Å². The number of ketones is 1. The average molecular weight is 279 g/mol. The highest BCUT2D eigenvalue weighted by atomic mass is 16.5. The molecule has 0 amide bonds. The van der Waals surface area contributed by atoms with Crippen LogP contribution in [-0.2, 0) is 0 Å². The number of nitrogens with zero attached hydrogens (tertiary/aromatic N) is 1. The Morgan fingerprint density at radius 2 is 1.55 bits per heavy atom. The fraction of sp³-hybridized carbons (Fsp3) is 0.562. The van der Waals surface area contributed by atoms with Gasteiger partial charge in [0.1, 0.15) is 17.1 Å². The highest BCUT2D eigenvalue weighted by Crippen LogP contribution is 2.35. The summed E-state index contributed by atoms with van der Waals surface area (Å²) in [6, 6.07) is 5.41. The van der Waals surface area contributed by atoms with Crippen LogP contribution in [-0.4, -0.2) is 44.5 Å². The van der Waals surface area contributed by atoms with Crippen LogP contribution in [0.1, 0.15) is 37.0 Å². The van der Waals surface area contributed by atoms with E-state index in [4.69, 9.17) is 9.47 Å². The van der Waals surface area contributed by atoms with Crippen LogP contribution in [0.5, 0.6) is 11.5 Å². The molecule has 0 aromatic heterocycles. The van der Waals surface area contributed by atoms with E-state index in [2.05, 4.69) is 0 Å². The molecule has 0 radical (unpaired) electrons. The van der Waals surface area contributed by atoms with E-state index < -0.39 is 5.54 Å². The molecule has 0 saturated carbocycles. The molecule has 4 heteroatoms. The van der Waals surface area contributed by atoms with Crippen molar-refractivity contribution in [3.63, 3.8) is 0 Å². The molecule has 0 heterocycles. The van der Waals surface area contributed by atoms with Crippen molar-refractivity contribution in [2.75, 3.05) is 28.3 Å². The molecule has 0 bridgehead atoms. The summed E-state index contributed by atoms with van der Waals surface area (Å²) in [5.74, 6) is 1.16. The van der Waals surface area contributed by atoms with Crippen molar-refractivity contribution in [1.82, 2.24) is 4.90 Å². The van der Waals surface area contributed by atoms with Crippen molar-refractivity contribution in [3.8, 4) is 11.5 Å². The molecule has 112 valence electrons.